The smallest absolute Gasteiger partial charge is 0.248 e. The molecule has 0 radical (unpaired) electrons. The Balaban J connectivity index is 1.78. The SMILES string of the molecule is CCn1cc(S(=O)(=O)N2CCC3(CC2)OCCO3)c(N)n1. The summed E-state index contributed by atoms with van der Waals surface area (Å²) in [6.07, 6.45) is 2.56. The molecule has 0 saturated carbocycles. The van der Waals surface area contributed by atoms with Crippen LogP contribution in [0.2, 0.25) is 0 Å². The second kappa shape index (κ2) is 5.24. The zero-order valence-corrected chi connectivity index (χ0v) is 12.8. The van der Waals surface area contributed by atoms with Gasteiger partial charge in [0, 0.05) is 38.7 Å². The predicted molar refractivity (Wildman–Crippen MR) is 74.9 cm³/mol. The van der Waals surface area contributed by atoms with Gasteiger partial charge in [0.05, 0.1) is 13.2 Å². The van der Waals surface area contributed by atoms with Gasteiger partial charge in [0.2, 0.25) is 10.0 Å². The molecule has 3 rings (SSSR count). The van der Waals surface area contributed by atoms with E-state index in [1.807, 2.05) is 6.92 Å². The van der Waals surface area contributed by atoms with Gasteiger partial charge in [0.15, 0.2) is 11.6 Å². The highest BCUT2D eigenvalue weighted by atomic mass is 32.2. The molecule has 1 aromatic rings. The van der Waals surface area contributed by atoms with Crippen LogP contribution in [0.25, 0.3) is 0 Å². The Morgan fingerprint density at radius 1 is 1.33 bits per heavy atom. The fourth-order valence-electron chi connectivity index (χ4n) is 2.77. The third-order valence-corrected chi connectivity index (χ3v) is 5.91. The van der Waals surface area contributed by atoms with Gasteiger partial charge in [-0.05, 0) is 6.92 Å². The molecule has 1 spiro atoms. The van der Waals surface area contributed by atoms with Crippen LogP contribution < -0.4 is 5.73 Å². The number of anilines is 1. The summed E-state index contributed by atoms with van der Waals surface area (Å²) in [4.78, 5) is 0.0774. The van der Waals surface area contributed by atoms with Gasteiger partial charge in [0.1, 0.15) is 4.90 Å². The number of aromatic nitrogens is 2. The van der Waals surface area contributed by atoms with Crippen LogP contribution in [0.3, 0.4) is 0 Å². The average molecular weight is 316 g/mol. The summed E-state index contributed by atoms with van der Waals surface area (Å²) in [5.41, 5.74) is 5.74. The van der Waals surface area contributed by atoms with E-state index in [0.29, 0.717) is 45.7 Å². The lowest BCUT2D eigenvalue weighted by molar-refractivity contribution is -0.179. The minimum Gasteiger partial charge on any atom is -0.381 e. The first-order valence-electron chi connectivity index (χ1n) is 7.08. The molecule has 0 amide bonds. The average Bonchev–Trinajstić information content (AvgIpc) is 3.07. The maximum Gasteiger partial charge on any atom is 0.248 e. The zero-order valence-electron chi connectivity index (χ0n) is 12.0. The van der Waals surface area contributed by atoms with Crippen LogP contribution in [0.1, 0.15) is 19.8 Å². The Labute approximate surface area is 123 Å². The van der Waals surface area contributed by atoms with Gasteiger partial charge in [-0.1, -0.05) is 0 Å². The van der Waals surface area contributed by atoms with Crippen LogP contribution in [0, 0.1) is 0 Å². The van der Waals surface area contributed by atoms with Crippen molar-refractivity contribution in [1.82, 2.24) is 14.1 Å². The number of hydrogen-bond donors (Lipinski definition) is 1. The molecule has 0 bridgehead atoms. The summed E-state index contributed by atoms with van der Waals surface area (Å²) < 4.78 is 39.5. The first kappa shape index (κ1) is 14.8. The lowest BCUT2D eigenvalue weighted by atomic mass is 10.1. The molecule has 2 saturated heterocycles. The van der Waals surface area contributed by atoms with Crippen LogP contribution in [0.4, 0.5) is 5.82 Å². The fourth-order valence-corrected chi connectivity index (χ4v) is 4.27. The topological polar surface area (TPSA) is 99.7 Å². The Morgan fingerprint density at radius 3 is 2.48 bits per heavy atom. The highest BCUT2D eigenvalue weighted by molar-refractivity contribution is 7.89. The molecule has 0 unspecified atom stereocenters. The first-order chi connectivity index (χ1) is 9.97. The van der Waals surface area contributed by atoms with E-state index >= 15 is 0 Å². The lowest BCUT2D eigenvalue weighted by Gasteiger charge is -2.36. The van der Waals surface area contributed by atoms with Crippen LogP contribution in [-0.4, -0.2) is 54.6 Å². The van der Waals surface area contributed by atoms with Crippen molar-refractivity contribution >= 4 is 15.8 Å². The lowest BCUT2D eigenvalue weighted by Crippen LogP contribution is -2.47. The van der Waals surface area contributed by atoms with Gasteiger partial charge in [-0.15, -0.1) is 0 Å². The van der Waals surface area contributed by atoms with Crippen molar-refractivity contribution in [2.75, 3.05) is 32.0 Å². The summed E-state index contributed by atoms with van der Waals surface area (Å²) in [6, 6.07) is 0. The molecule has 0 atom stereocenters. The molecule has 118 valence electrons. The van der Waals surface area contributed by atoms with Gasteiger partial charge >= 0.3 is 0 Å². The fraction of sp³-hybridized carbons (Fsp3) is 0.750. The predicted octanol–water partition coefficient (Wildman–Crippen LogP) is 0.0128. The number of ether oxygens (including phenoxy) is 2. The Hall–Kier alpha value is -1.16. The highest BCUT2D eigenvalue weighted by Gasteiger charge is 2.43. The molecule has 0 aliphatic carbocycles. The Kier molecular flexibility index (Phi) is 3.68. The van der Waals surface area contributed by atoms with E-state index in [9.17, 15) is 8.42 Å². The zero-order chi connectivity index (χ0) is 15.1. The van der Waals surface area contributed by atoms with E-state index < -0.39 is 15.8 Å². The summed E-state index contributed by atoms with van der Waals surface area (Å²) in [5.74, 6) is -0.545. The molecule has 2 aliphatic rings. The molecule has 21 heavy (non-hydrogen) atoms. The van der Waals surface area contributed by atoms with Crippen molar-refractivity contribution in [3.63, 3.8) is 0 Å². The van der Waals surface area contributed by atoms with E-state index in [1.54, 1.807) is 0 Å². The number of rotatable bonds is 3. The third-order valence-electron chi connectivity index (χ3n) is 3.99. The maximum absolute atomic E-state index is 12.7. The Morgan fingerprint density at radius 2 is 1.95 bits per heavy atom. The van der Waals surface area contributed by atoms with Crippen molar-refractivity contribution in [3.05, 3.63) is 6.20 Å². The molecule has 0 aromatic carbocycles. The minimum absolute atomic E-state index is 0.0468. The van der Waals surface area contributed by atoms with Crippen LogP contribution >= 0.6 is 0 Å². The highest BCUT2D eigenvalue weighted by Crippen LogP contribution is 2.34. The van der Waals surface area contributed by atoms with Crippen molar-refractivity contribution in [2.24, 2.45) is 0 Å². The van der Waals surface area contributed by atoms with E-state index in [-0.39, 0.29) is 10.7 Å². The monoisotopic (exact) mass is 316 g/mol. The van der Waals surface area contributed by atoms with Crippen molar-refractivity contribution in [1.29, 1.82) is 0 Å². The second-order valence-electron chi connectivity index (χ2n) is 5.25. The number of sulfonamides is 1. The Bertz CT molecular complexity index is 611. The van der Waals surface area contributed by atoms with E-state index in [4.69, 9.17) is 15.2 Å². The largest absolute Gasteiger partial charge is 0.381 e. The van der Waals surface area contributed by atoms with Crippen molar-refractivity contribution in [3.8, 4) is 0 Å². The molecule has 3 heterocycles. The maximum atomic E-state index is 12.7. The van der Waals surface area contributed by atoms with E-state index in [1.165, 1.54) is 15.2 Å². The minimum atomic E-state index is -3.61. The summed E-state index contributed by atoms with van der Waals surface area (Å²) in [7, 11) is -3.61. The van der Waals surface area contributed by atoms with Gasteiger partial charge in [-0.3, -0.25) is 4.68 Å². The number of hydrogen-bond acceptors (Lipinski definition) is 6. The molecular weight excluding hydrogens is 296 g/mol. The molecule has 2 aliphatic heterocycles. The summed E-state index contributed by atoms with van der Waals surface area (Å²) in [6.45, 7) is 4.32. The molecular formula is C12H20N4O4S. The van der Waals surface area contributed by atoms with Crippen molar-refractivity contribution in [2.45, 2.75) is 37.0 Å². The van der Waals surface area contributed by atoms with Gasteiger partial charge < -0.3 is 15.2 Å². The summed E-state index contributed by atoms with van der Waals surface area (Å²) in [5, 5.41) is 4.00. The molecule has 1 aromatic heterocycles. The third kappa shape index (κ3) is 2.54. The number of nitrogen functional groups attached to an aromatic ring is 1. The second-order valence-corrected chi connectivity index (χ2v) is 7.15. The van der Waals surface area contributed by atoms with Crippen molar-refractivity contribution < 1.29 is 17.9 Å². The molecule has 2 fully saturated rings. The van der Waals surface area contributed by atoms with Crippen LogP contribution in [0.15, 0.2) is 11.1 Å². The quantitative estimate of drug-likeness (QED) is 0.843. The molecule has 2 N–H and O–H groups in total. The normalized spacial score (nSPS) is 22.9. The number of nitrogens with zero attached hydrogens (tertiary/aromatic N) is 3. The molecule has 8 nitrogen and oxygen atoms in total. The molecule has 9 heteroatoms. The number of aryl methyl sites for hydroxylation is 1. The van der Waals surface area contributed by atoms with Gasteiger partial charge in [-0.2, -0.15) is 9.40 Å². The van der Waals surface area contributed by atoms with E-state index in [0.717, 1.165) is 0 Å². The van der Waals surface area contributed by atoms with E-state index in [2.05, 4.69) is 5.10 Å². The van der Waals surface area contributed by atoms with Gasteiger partial charge in [0.25, 0.3) is 0 Å². The number of nitrogens with two attached hydrogens (primary N) is 1. The van der Waals surface area contributed by atoms with Gasteiger partial charge in [-0.25, -0.2) is 8.42 Å². The first-order valence-corrected chi connectivity index (χ1v) is 8.52. The van der Waals surface area contributed by atoms with Crippen LogP contribution in [-0.2, 0) is 26.0 Å². The van der Waals surface area contributed by atoms with Crippen LogP contribution in [0.5, 0.6) is 0 Å². The number of piperidine rings is 1. The standard InChI is InChI=1S/C12H20N4O4S/c1-2-15-9-10(11(13)14-15)21(17,18)16-5-3-12(4-6-16)19-7-8-20-12/h9H,2-8H2,1H3,(H2,13,14). The summed E-state index contributed by atoms with van der Waals surface area (Å²) >= 11 is 0.